The van der Waals surface area contributed by atoms with E-state index in [0.717, 1.165) is 32.6 Å². The average molecular weight is 333 g/mol. The van der Waals surface area contributed by atoms with Crippen LogP contribution in [0.1, 0.15) is 36.2 Å². The molecule has 1 aromatic rings. The number of hydrogen-bond acceptors (Lipinski definition) is 5. The highest BCUT2D eigenvalue weighted by Crippen LogP contribution is 2.31. The molecule has 0 spiro atoms. The van der Waals surface area contributed by atoms with Crippen LogP contribution in [0.15, 0.2) is 12.1 Å². The maximum Gasteiger partial charge on any atom is 0.221 e. The number of anilines is 1. The first-order valence-electron chi connectivity index (χ1n) is 8.49. The van der Waals surface area contributed by atoms with Crippen molar-refractivity contribution in [1.82, 2.24) is 9.80 Å². The van der Waals surface area contributed by atoms with E-state index < -0.39 is 0 Å². The summed E-state index contributed by atoms with van der Waals surface area (Å²) in [5.74, 6) is -0.269. The summed E-state index contributed by atoms with van der Waals surface area (Å²) in [5, 5.41) is 13.3. The molecule has 0 aliphatic carbocycles. The third-order valence-corrected chi connectivity index (χ3v) is 4.36. The van der Waals surface area contributed by atoms with Gasteiger partial charge in [-0.25, -0.2) is 0 Å². The summed E-state index contributed by atoms with van der Waals surface area (Å²) in [6.45, 7) is 7.34. The molecule has 1 fully saturated rings. The molecular formula is C18H27N3O3. The van der Waals surface area contributed by atoms with Crippen molar-refractivity contribution in [1.29, 1.82) is 0 Å². The van der Waals surface area contributed by atoms with Gasteiger partial charge in [-0.15, -0.1) is 0 Å². The number of benzene rings is 1. The lowest BCUT2D eigenvalue weighted by atomic mass is 9.99. The minimum absolute atomic E-state index is 0.00206. The third kappa shape index (κ3) is 4.55. The van der Waals surface area contributed by atoms with Crippen LogP contribution in [0.2, 0.25) is 0 Å². The minimum atomic E-state index is -0.191. The quantitative estimate of drug-likeness (QED) is 0.776. The molecule has 1 saturated heterocycles. The number of amides is 1. The fourth-order valence-corrected chi connectivity index (χ4v) is 2.97. The highest BCUT2D eigenvalue weighted by Gasteiger charge is 2.21. The van der Waals surface area contributed by atoms with Crippen LogP contribution in [-0.2, 0) is 11.2 Å². The van der Waals surface area contributed by atoms with E-state index >= 15 is 0 Å². The number of likely N-dealkylation sites (N-methyl/N-ethyl adjacent to an activating group) is 1. The molecule has 2 N–H and O–H groups in total. The maximum absolute atomic E-state index is 12.6. The Balaban J connectivity index is 2.18. The van der Waals surface area contributed by atoms with Crippen LogP contribution in [0, 0.1) is 0 Å². The Labute approximate surface area is 143 Å². The summed E-state index contributed by atoms with van der Waals surface area (Å²) in [6.07, 6.45) is 1.42. The van der Waals surface area contributed by atoms with Gasteiger partial charge in [-0.3, -0.25) is 14.5 Å². The molecule has 0 bridgehead atoms. The normalized spacial score (nSPS) is 16.1. The lowest BCUT2D eigenvalue weighted by Crippen LogP contribution is -2.46. The number of aromatic hydroxyl groups is 1. The largest absolute Gasteiger partial charge is 0.507 e. The molecule has 2 rings (SSSR count). The van der Waals surface area contributed by atoms with E-state index in [-0.39, 0.29) is 17.4 Å². The van der Waals surface area contributed by atoms with Crippen LogP contribution in [0.25, 0.3) is 0 Å². The molecule has 0 radical (unpaired) electrons. The van der Waals surface area contributed by atoms with Crippen molar-refractivity contribution < 1.29 is 14.7 Å². The molecule has 1 aromatic carbocycles. The molecule has 6 heteroatoms. The standard InChI is InChI=1S/C18H27N3O3/c1-4-5-14-16(19-13(2)22)7-6-15(18(14)24)17(23)12-21-10-8-20(3)9-11-21/h6-7,24H,4-5,8-12H2,1-3H3,(H,19,22). The number of phenols is 1. The average Bonchev–Trinajstić information content (AvgIpc) is 2.52. The van der Waals surface area contributed by atoms with E-state index in [0.29, 0.717) is 29.8 Å². The van der Waals surface area contributed by atoms with Crippen LogP contribution < -0.4 is 5.32 Å². The molecule has 0 aromatic heterocycles. The smallest absolute Gasteiger partial charge is 0.221 e. The van der Waals surface area contributed by atoms with Gasteiger partial charge in [0.15, 0.2) is 5.78 Å². The van der Waals surface area contributed by atoms with E-state index in [1.54, 1.807) is 12.1 Å². The van der Waals surface area contributed by atoms with Gasteiger partial charge < -0.3 is 15.3 Å². The zero-order valence-electron chi connectivity index (χ0n) is 14.8. The van der Waals surface area contributed by atoms with Crippen LogP contribution in [0.5, 0.6) is 5.75 Å². The van der Waals surface area contributed by atoms with Gasteiger partial charge in [0, 0.05) is 44.4 Å². The molecular weight excluding hydrogens is 306 g/mol. The molecule has 1 aliphatic rings. The van der Waals surface area contributed by atoms with Crippen LogP contribution in [0.4, 0.5) is 5.69 Å². The van der Waals surface area contributed by atoms with Gasteiger partial charge in [0.1, 0.15) is 5.75 Å². The van der Waals surface area contributed by atoms with Gasteiger partial charge in [0.2, 0.25) is 5.91 Å². The summed E-state index contributed by atoms with van der Waals surface area (Å²) < 4.78 is 0. The number of nitrogens with zero attached hydrogens (tertiary/aromatic N) is 2. The predicted octanol–water partition coefficient (Wildman–Crippen LogP) is 1.73. The molecule has 0 saturated carbocycles. The zero-order valence-corrected chi connectivity index (χ0v) is 14.8. The van der Waals surface area contributed by atoms with Crippen molar-refractivity contribution in [2.75, 3.05) is 45.1 Å². The fraction of sp³-hybridized carbons (Fsp3) is 0.556. The van der Waals surface area contributed by atoms with Crippen molar-refractivity contribution in [2.45, 2.75) is 26.7 Å². The number of phenolic OH excluding ortho intramolecular Hbond substituents is 1. The first-order valence-corrected chi connectivity index (χ1v) is 8.49. The van der Waals surface area contributed by atoms with E-state index in [1.807, 2.05) is 6.92 Å². The first-order chi connectivity index (χ1) is 11.4. The highest BCUT2D eigenvalue weighted by atomic mass is 16.3. The van der Waals surface area contributed by atoms with Gasteiger partial charge in [-0.2, -0.15) is 0 Å². The lowest BCUT2D eigenvalue weighted by molar-refractivity contribution is -0.114. The SMILES string of the molecule is CCCc1c(NC(C)=O)ccc(C(=O)CN2CCN(C)CC2)c1O. The molecule has 132 valence electrons. The predicted molar refractivity (Wildman–Crippen MR) is 94.7 cm³/mol. The Morgan fingerprint density at radius 1 is 1.21 bits per heavy atom. The Kier molecular flexibility index (Phi) is 6.34. The molecule has 1 heterocycles. The number of carbonyl (C=O) groups is 2. The zero-order chi connectivity index (χ0) is 17.7. The van der Waals surface area contributed by atoms with Crippen LogP contribution in [-0.4, -0.2) is 66.4 Å². The van der Waals surface area contributed by atoms with Crippen molar-refractivity contribution in [2.24, 2.45) is 0 Å². The fourth-order valence-electron chi connectivity index (χ4n) is 2.97. The molecule has 0 unspecified atom stereocenters. The topological polar surface area (TPSA) is 72.9 Å². The van der Waals surface area contributed by atoms with E-state index in [2.05, 4.69) is 22.2 Å². The molecule has 1 amide bonds. The summed E-state index contributed by atoms with van der Waals surface area (Å²) in [4.78, 5) is 28.3. The van der Waals surface area contributed by atoms with Crippen LogP contribution in [0.3, 0.4) is 0 Å². The van der Waals surface area contributed by atoms with Gasteiger partial charge >= 0.3 is 0 Å². The lowest BCUT2D eigenvalue weighted by Gasteiger charge is -2.31. The minimum Gasteiger partial charge on any atom is -0.507 e. The summed E-state index contributed by atoms with van der Waals surface area (Å²) in [7, 11) is 2.07. The van der Waals surface area contributed by atoms with Gasteiger partial charge in [-0.1, -0.05) is 13.3 Å². The summed E-state index contributed by atoms with van der Waals surface area (Å²) in [6, 6.07) is 3.32. The van der Waals surface area contributed by atoms with Crippen molar-refractivity contribution in [3.05, 3.63) is 23.3 Å². The summed E-state index contributed by atoms with van der Waals surface area (Å²) >= 11 is 0. The number of hydrogen-bond donors (Lipinski definition) is 2. The number of piperazine rings is 1. The Bertz CT molecular complexity index is 608. The van der Waals surface area contributed by atoms with E-state index in [1.165, 1.54) is 6.92 Å². The monoisotopic (exact) mass is 333 g/mol. The van der Waals surface area contributed by atoms with Gasteiger partial charge in [0.25, 0.3) is 0 Å². The molecule has 0 atom stereocenters. The van der Waals surface area contributed by atoms with Gasteiger partial charge in [0.05, 0.1) is 12.1 Å². The number of Topliss-reactive ketones (excluding diaryl/α,β-unsaturated/α-hetero) is 1. The molecule has 6 nitrogen and oxygen atoms in total. The van der Waals surface area contributed by atoms with E-state index in [4.69, 9.17) is 0 Å². The molecule has 1 aliphatic heterocycles. The Hall–Kier alpha value is -1.92. The summed E-state index contributed by atoms with van der Waals surface area (Å²) in [5.41, 5.74) is 1.56. The van der Waals surface area contributed by atoms with Crippen molar-refractivity contribution in [3.8, 4) is 5.75 Å². The second-order valence-electron chi connectivity index (χ2n) is 6.42. The first kappa shape index (κ1) is 18.4. The Morgan fingerprint density at radius 3 is 2.46 bits per heavy atom. The number of rotatable bonds is 6. The second-order valence-corrected chi connectivity index (χ2v) is 6.42. The highest BCUT2D eigenvalue weighted by molar-refractivity contribution is 6.01. The van der Waals surface area contributed by atoms with Crippen molar-refractivity contribution in [3.63, 3.8) is 0 Å². The number of ketones is 1. The number of nitrogens with one attached hydrogen (secondary N) is 1. The Morgan fingerprint density at radius 2 is 1.88 bits per heavy atom. The third-order valence-electron chi connectivity index (χ3n) is 4.36. The molecule has 24 heavy (non-hydrogen) atoms. The van der Waals surface area contributed by atoms with Crippen molar-refractivity contribution >= 4 is 17.4 Å². The van der Waals surface area contributed by atoms with Crippen LogP contribution >= 0.6 is 0 Å². The number of carbonyl (C=O) groups excluding carboxylic acids is 2. The van der Waals surface area contributed by atoms with Gasteiger partial charge in [-0.05, 0) is 25.6 Å². The maximum atomic E-state index is 12.6. The second kappa shape index (κ2) is 8.26. The van der Waals surface area contributed by atoms with E-state index in [9.17, 15) is 14.7 Å².